The fraction of sp³-hybridized carbons (Fsp3) is 0.176. The van der Waals surface area contributed by atoms with Crippen LogP contribution in [0.1, 0.15) is 23.8 Å². The number of ether oxygens (including phenoxy) is 1. The van der Waals surface area contributed by atoms with Gasteiger partial charge in [-0.1, -0.05) is 6.92 Å². The molecule has 5 heteroatoms. The van der Waals surface area contributed by atoms with Gasteiger partial charge < -0.3 is 4.74 Å². The van der Waals surface area contributed by atoms with E-state index in [2.05, 4.69) is 27.8 Å². The Morgan fingerprint density at radius 1 is 1.23 bits per heavy atom. The summed E-state index contributed by atoms with van der Waals surface area (Å²) in [6, 6.07) is 11.4. The second-order valence-electron chi connectivity index (χ2n) is 4.91. The third-order valence-corrected chi connectivity index (χ3v) is 3.80. The zero-order chi connectivity index (χ0) is 15.5. The Morgan fingerprint density at radius 3 is 2.68 bits per heavy atom. The van der Waals surface area contributed by atoms with E-state index in [0.29, 0.717) is 18.0 Å². The summed E-state index contributed by atoms with van der Waals surface area (Å²) in [6.45, 7) is 2.76. The maximum atomic E-state index is 11.5. The van der Waals surface area contributed by atoms with Crippen LogP contribution >= 0.6 is 15.9 Å². The van der Waals surface area contributed by atoms with E-state index in [9.17, 15) is 4.79 Å². The van der Waals surface area contributed by atoms with Gasteiger partial charge in [0, 0.05) is 16.2 Å². The minimum atomic E-state index is 0.540. The van der Waals surface area contributed by atoms with Gasteiger partial charge in [0.2, 0.25) is 0 Å². The Kier molecular flexibility index (Phi) is 4.24. The monoisotopic (exact) mass is 358 g/mol. The average Bonchev–Trinajstić information content (AvgIpc) is 2.91. The van der Waals surface area contributed by atoms with Gasteiger partial charge in [0.15, 0.2) is 6.29 Å². The van der Waals surface area contributed by atoms with Gasteiger partial charge in [-0.25, -0.2) is 4.98 Å². The molecule has 0 saturated carbocycles. The van der Waals surface area contributed by atoms with Crippen molar-refractivity contribution in [1.82, 2.24) is 9.38 Å². The molecule has 0 aliphatic heterocycles. The van der Waals surface area contributed by atoms with Gasteiger partial charge in [0.25, 0.3) is 0 Å². The van der Waals surface area contributed by atoms with Crippen LogP contribution in [-0.4, -0.2) is 22.3 Å². The molecule has 0 aliphatic rings. The highest BCUT2D eigenvalue weighted by Crippen LogP contribution is 2.26. The van der Waals surface area contributed by atoms with Crippen molar-refractivity contribution in [2.45, 2.75) is 13.3 Å². The molecule has 0 unspecified atom stereocenters. The minimum absolute atomic E-state index is 0.540. The number of fused-ring (bicyclic) bond motifs is 1. The van der Waals surface area contributed by atoms with E-state index >= 15 is 0 Å². The molecule has 2 aromatic heterocycles. The largest absolute Gasteiger partial charge is 0.494 e. The molecular weight excluding hydrogens is 344 g/mol. The summed E-state index contributed by atoms with van der Waals surface area (Å²) in [5.41, 5.74) is 2.85. The van der Waals surface area contributed by atoms with Crippen LogP contribution in [0.4, 0.5) is 0 Å². The zero-order valence-electron chi connectivity index (χ0n) is 12.1. The number of carbonyl (C=O) groups is 1. The van der Waals surface area contributed by atoms with Crippen molar-refractivity contribution < 1.29 is 9.53 Å². The Labute approximate surface area is 136 Å². The molecule has 0 bridgehead atoms. The first-order valence-corrected chi connectivity index (χ1v) is 7.88. The number of benzene rings is 1. The van der Waals surface area contributed by atoms with Gasteiger partial charge in [-0.2, -0.15) is 0 Å². The summed E-state index contributed by atoms with van der Waals surface area (Å²) in [5.74, 6) is 0.824. The number of aldehydes is 1. The van der Waals surface area contributed by atoms with Gasteiger partial charge in [-0.15, -0.1) is 0 Å². The first kappa shape index (κ1) is 14.8. The Morgan fingerprint density at radius 2 is 2.00 bits per heavy atom. The Bertz CT molecular complexity index is 809. The van der Waals surface area contributed by atoms with Crippen LogP contribution in [0.3, 0.4) is 0 Å². The highest BCUT2D eigenvalue weighted by Gasteiger charge is 2.13. The summed E-state index contributed by atoms with van der Waals surface area (Å²) in [7, 11) is 0. The summed E-state index contributed by atoms with van der Waals surface area (Å²) in [5, 5.41) is 0. The molecule has 22 heavy (non-hydrogen) atoms. The van der Waals surface area contributed by atoms with Crippen LogP contribution in [0.25, 0.3) is 16.9 Å². The number of hydrogen-bond acceptors (Lipinski definition) is 3. The molecule has 0 radical (unpaired) electrons. The zero-order valence-corrected chi connectivity index (χ0v) is 13.7. The first-order valence-electron chi connectivity index (χ1n) is 7.09. The molecule has 0 amide bonds. The molecule has 4 nitrogen and oxygen atoms in total. The molecular formula is C17H15BrN2O2. The maximum absolute atomic E-state index is 11.5. The van der Waals surface area contributed by atoms with Gasteiger partial charge >= 0.3 is 0 Å². The predicted octanol–water partition coefficient (Wildman–Crippen LogP) is 4.37. The van der Waals surface area contributed by atoms with E-state index in [1.165, 1.54) is 0 Å². The number of aromatic nitrogens is 2. The smallest absolute Gasteiger partial charge is 0.169 e. The van der Waals surface area contributed by atoms with E-state index in [4.69, 9.17) is 4.74 Å². The van der Waals surface area contributed by atoms with Crippen molar-refractivity contribution in [2.24, 2.45) is 0 Å². The number of rotatable bonds is 5. The lowest BCUT2D eigenvalue weighted by molar-refractivity contribution is 0.111. The number of nitrogens with zero attached hydrogens (tertiary/aromatic N) is 2. The number of hydrogen-bond donors (Lipinski definition) is 0. The van der Waals surface area contributed by atoms with Crippen LogP contribution in [0.5, 0.6) is 5.75 Å². The second kappa shape index (κ2) is 6.32. The molecule has 1 aromatic carbocycles. The third-order valence-electron chi connectivity index (χ3n) is 3.33. The van der Waals surface area contributed by atoms with Crippen LogP contribution < -0.4 is 4.74 Å². The van der Waals surface area contributed by atoms with E-state index < -0.39 is 0 Å². The third kappa shape index (κ3) is 2.76. The maximum Gasteiger partial charge on any atom is 0.169 e. The molecule has 2 heterocycles. The van der Waals surface area contributed by atoms with Gasteiger partial charge in [0.05, 0.1) is 6.61 Å². The normalized spacial score (nSPS) is 10.8. The van der Waals surface area contributed by atoms with Crippen LogP contribution in [0.2, 0.25) is 0 Å². The lowest BCUT2D eigenvalue weighted by Gasteiger charge is -2.05. The van der Waals surface area contributed by atoms with E-state index in [0.717, 1.165) is 34.1 Å². The fourth-order valence-corrected chi connectivity index (χ4v) is 2.63. The van der Waals surface area contributed by atoms with Crippen LogP contribution in [0, 0.1) is 0 Å². The molecule has 112 valence electrons. The van der Waals surface area contributed by atoms with Crippen molar-refractivity contribution in [3.05, 3.63) is 52.8 Å². The topological polar surface area (TPSA) is 43.6 Å². The number of halogens is 1. The average molecular weight is 359 g/mol. The quantitative estimate of drug-likeness (QED) is 0.636. The first-order chi connectivity index (χ1) is 10.7. The molecule has 3 aromatic rings. The molecule has 3 rings (SSSR count). The van der Waals surface area contributed by atoms with Gasteiger partial charge in [-0.05, 0) is 58.7 Å². The van der Waals surface area contributed by atoms with Crippen LogP contribution in [-0.2, 0) is 0 Å². The molecule has 0 fully saturated rings. The standard InChI is InChI=1S/C17H15BrN2O2/c1-2-9-22-14-6-3-12(4-7-14)17-15(11-21)20-10-13(18)5-8-16(20)19-17/h3-8,10-11H,2,9H2,1H3. The van der Waals surface area contributed by atoms with Crippen LogP contribution in [0.15, 0.2) is 47.1 Å². The molecule has 0 atom stereocenters. The summed E-state index contributed by atoms with van der Waals surface area (Å²) >= 11 is 3.41. The van der Waals surface area contributed by atoms with Crippen molar-refractivity contribution in [1.29, 1.82) is 0 Å². The second-order valence-corrected chi connectivity index (χ2v) is 5.83. The SMILES string of the molecule is CCCOc1ccc(-c2nc3ccc(Br)cn3c2C=O)cc1. The van der Waals surface area contributed by atoms with Crippen molar-refractivity contribution in [3.63, 3.8) is 0 Å². The molecule has 0 N–H and O–H groups in total. The van der Waals surface area contributed by atoms with Crippen molar-refractivity contribution in [2.75, 3.05) is 6.61 Å². The molecule has 0 saturated heterocycles. The van der Waals surface area contributed by atoms with Gasteiger partial charge in [-0.3, -0.25) is 9.20 Å². The van der Waals surface area contributed by atoms with Gasteiger partial charge in [0.1, 0.15) is 22.8 Å². The summed E-state index contributed by atoms with van der Waals surface area (Å²) in [4.78, 5) is 16.1. The molecule has 0 aliphatic carbocycles. The van der Waals surface area contributed by atoms with E-state index in [-0.39, 0.29) is 0 Å². The Balaban J connectivity index is 2.04. The predicted molar refractivity (Wildman–Crippen MR) is 89.5 cm³/mol. The lowest BCUT2D eigenvalue weighted by atomic mass is 10.1. The van der Waals surface area contributed by atoms with E-state index in [1.54, 1.807) is 4.40 Å². The highest BCUT2D eigenvalue weighted by atomic mass is 79.9. The van der Waals surface area contributed by atoms with E-state index in [1.807, 2.05) is 42.6 Å². The summed E-state index contributed by atoms with van der Waals surface area (Å²) in [6.07, 6.45) is 3.65. The minimum Gasteiger partial charge on any atom is -0.494 e. The van der Waals surface area contributed by atoms with Crippen molar-refractivity contribution >= 4 is 27.9 Å². The fourth-order valence-electron chi connectivity index (χ4n) is 2.29. The summed E-state index contributed by atoms with van der Waals surface area (Å²) < 4.78 is 8.26. The number of imidazole rings is 1. The number of pyridine rings is 1. The van der Waals surface area contributed by atoms with Crippen molar-refractivity contribution in [3.8, 4) is 17.0 Å². The molecule has 0 spiro atoms. The Hall–Kier alpha value is -2.14. The lowest BCUT2D eigenvalue weighted by Crippen LogP contribution is -1.95. The number of carbonyl (C=O) groups excluding carboxylic acids is 1. The highest BCUT2D eigenvalue weighted by molar-refractivity contribution is 9.10.